The van der Waals surface area contributed by atoms with E-state index in [1.54, 1.807) is 0 Å². The lowest BCUT2D eigenvalue weighted by molar-refractivity contribution is 0.0369. The number of hydrogen-bond acceptors (Lipinski definition) is 1. The quantitative estimate of drug-likeness (QED) is 0.778. The van der Waals surface area contributed by atoms with Gasteiger partial charge in [-0.3, -0.25) is 0 Å². The molecular formula is C11H16Br2O. The molecule has 2 rings (SSSR count). The van der Waals surface area contributed by atoms with Crippen LogP contribution in [0.25, 0.3) is 0 Å². The third-order valence-electron chi connectivity index (χ3n) is 4.60. The predicted octanol–water partition coefficient (Wildman–Crippen LogP) is 3.80. The smallest absolute Gasteiger partial charge is 0.0639 e. The summed E-state index contributed by atoms with van der Waals surface area (Å²) in [5.74, 6) is 0.688. The molecular weight excluding hydrogens is 308 g/mol. The molecule has 0 heterocycles. The van der Waals surface area contributed by atoms with Crippen molar-refractivity contribution in [3.8, 4) is 0 Å². The van der Waals surface area contributed by atoms with Crippen LogP contribution in [0.15, 0.2) is 9.47 Å². The lowest BCUT2D eigenvalue weighted by Gasteiger charge is -2.38. The third kappa shape index (κ3) is 1.28. The molecule has 1 nitrogen and oxygen atoms in total. The molecule has 0 spiro atoms. The second-order valence-electron chi connectivity index (χ2n) is 5.18. The standard InChI is InChI=1S/C11H16Br2O/c1-10(2)7-3-4-11(10,6-9(12)13)8(14)5-7/h6-8,14H,3-5H2,1-2H3/t7?,8-,11?/m1/s1. The molecule has 0 amide bonds. The van der Waals surface area contributed by atoms with Crippen molar-refractivity contribution in [1.82, 2.24) is 0 Å². The molecule has 3 heteroatoms. The summed E-state index contributed by atoms with van der Waals surface area (Å²) in [4.78, 5) is 0. The maximum Gasteiger partial charge on any atom is 0.0639 e. The van der Waals surface area contributed by atoms with Crippen LogP contribution >= 0.6 is 31.9 Å². The van der Waals surface area contributed by atoms with Crippen LogP contribution in [0.2, 0.25) is 0 Å². The van der Waals surface area contributed by atoms with Crippen LogP contribution in [0, 0.1) is 16.7 Å². The summed E-state index contributed by atoms with van der Waals surface area (Å²) < 4.78 is 0.972. The van der Waals surface area contributed by atoms with Gasteiger partial charge in [-0.2, -0.15) is 0 Å². The zero-order valence-corrected chi connectivity index (χ0v) is 11.7. The van der Waals surface area contributed by atoms with Crippen LogP contribution < -0.4 is 0 Å². The zero-order valence-electron chi connectivity index (χ0n) is 8.56. The highest BCUT2D eigenvalue weighted by molar-refractivity contribution is 9.28. The molecule has 0 saturated heterocycles. The largest absolute Gasteiger partial charge is 0.392 e. The molecule has 80 valence electrons. The van der Waals surface area contributed by atoms with E-state index in [2.05, 4.69) is 51.8 Å². The molecule has 2 unspecified atom stereocenters. The van der Waals surface area contributed by atoms with E-state index in [1.165, 1.54) is 6.42 Å². The van der Waals surface area contributed by atoms with E-state index in [4.69, 9.17) is 0 Å². The fraction of sp³-hybridized carbons (Fsp3) is 0.818. The first-order valence-electron chi connectivity index (χ1n) is 5.12. The number of rotatable bonds is 1. The molecule has 0 aromatic heterocycles. The molecule has 3 atom stereocenters. The Morgan fingerprint density at radius 3 is 2.43 bits per heavy atom. The monoisotopic (exact) mass is 322 g/mol. The molecule has 2 aliphatic rings. The van der Waals surface area contributed by atoms with Crippen LogP contribution in [0.1, 0.15) is 33.1 Å². The van der Waals surface area contributed by atoms with E-state index < -0.39 is 0 Å². The molecule has 0 aliphatic heterocycles. The topological polar surface area (TPSA) is 20.2 Å². The predicted molar refractivity (Wildman–Crippen MR) is 65.5 cm³/mol. The maximum atomic E-state index is 10.2. The van der Waals surface area contributed by atoms with Crippen molar-refractivity contribution in [3.63, 3.8) is 0 Å². The molecule has 0 aromatic rings. The van der Waals surface area contributed by atoms with Gasteiger partial charge < -0.3 is 5.11 Å². The van der Waals surface area contributed by atoms with Crippen LogP contribution in [0.5, 0.6) is 0 Å². The van der Waals surface area contributed by atoms with Crippen LogP contribution in [-0.4, -0.2) is 11.2 Å². The second kappa shape index (κ2) is 3.33. The molecule has 2 fully saturated rings. The van der Waals surface area contributed by atoms with Gasteiger partial charge in [-0.1, -0.05) is 19.9 Å². The number of halogens is 2. The minimum atomic E-state index is -0.165. The van der Waals surface area contributed by atoms with Gasteiger partial charge in [0.15, 0.2) is 0 Å². The van der Waals surface area contributed by atoms with E-state index in [0.717, 1.165) is 16.2 Å². The average Bonchev–Trinajstić information content (AvgIpc) is 2.36. The molecule has 14 heavy (non-hydrogen) atoms. The van der Waals surface area contributed by atoms with Gasteiger partial charge in [0.05, 0.1) is 9.50 Å². The van der Waals surface area contributed by atoms with Crippen molar-refractivity contribution in [2.75, 3.05) is 0 Å². The fourth-order valence-electron chi connectivity index (χ4n) is 3.51. The number of fused-ring (bicyclic) bond motifs is 2. The first-order valence-corrected chi connectivity index (χ1v) is 6.71. The van der Waals surface area contributed by atoms with Crippen molar-refractivity contribution >= 4 is 31.9 Å². The van der Waals surface area contributed by atoms with Gasteiger partial charge in [0.2, 0.25) is 0 Å². The minimum Gasteiger partial charge on any atom is -0.392 e. The van der Waals surface area contributed by atoms with E-state index in [0.29, 0.717) is 5.92 Å². The van der Waals surface area contributed by atoms with E-state index in [1.807, 2.05) is 0 Å². The summed E-state index contributed by atoms with van der Waals surface area (Å²) in [6.07, 6.45) is 5.35. The summed E-state index contributed by atoms with van der Waals surface area (Å²) in [6, 6.07) is 0. The van der Waals surface area contributed by atoms with Crippen LogP contribution in [-0.2, 0) is 0 Å². The highest BCUT2D eigenvalue weighted by Crippen LogP contribution is 2.66. The molecule has 1 N–H and O–H groups in total. The first-order chi connectivity index (χ1) is 6.40. The Morgan fingerprint density at radius 1 is 1.43 bits per heavy atom. The van der Waals surface area contributed by atoms with Crippen molar-refractivity contribution in [3.05, 3.63) is 9.47 Å². The van der Waals surface area contributed by atoms with Crippen LogP contribution in [0.4, 0.5) is 0 Å². The molecule has 2 bridgehead atoms. The summed E-state index contributed by atoms with van der Waals surface area (Å²) in [6.45, 7) is 4.58. The number of hydrogen-bond donors (Lipinski definition) is 1. The maximum absolute atomic E-state index is 10.2. The number of aliphatic hydroxyl groups is 1. The Balaban J connectivity index is 2.44. The Labute approximate surface area is 102 Å². The lowest BCUT2D eigenvalue weighted by atomic mass is 9.68. The number of aliphatic hydroxyl groups excluding tert-OH is 1. The second-order valence-corrected chi connectivity index (χ2v) is 7.96. The van der Waals surface area contributed by atoms with Gasteiger partial charge in [-0.05, 0) is 62.5 Å². The molecule has 2 saturated carbocycles. The van der Waals surface area contributed by atoms with Gasteiger partial charge in [0.1, 0.15) is 0 Å². The Kier molecular flexibility index (Phi) is 2.65. The first kappa shape index (κ1) is 11.2. The molecule has 2 aliphatic carbocycles. The van der Waals surface area contributed by atoms with Crippen molar-refractivity contribution in [2.24, 2.45) is 16.7 Å². The average molecular weight is 324 g/mol. The van der Waals surface area contributed by atoms with Gasteiger partial charge >= 0.3 is 0 Å². The highest BCUT2D eigenvalue weighted by Gasteiger charge is 2.62. The van der Waals surface area contributed by atoms with Gasteiger partial charge in [0, 0.05) is 5.41 Å². The lowest BCUT2D eigenvalue weighted by Crippen LogP contribution is -2.36. The van der Waals surface area contributed by atoms with Crippen molar-refractivity contribution < 1.29 is 5.11 Å². The fourth-order valence-corrected chi connectivity index (χ4v) is 4.33. The van der Waals surface area contributed by atoms with Crippen LogP contribution in [0.3, 0.4) is 0 Å². The van der Waals surface area contributed by atoms with Crippen molar-refractivity contribution in [1.29, 1.82) is 0 Å². The van der Waals surface area contributed by atoms with Crippen molar-refractivity contribution in [2.45, 2.75) is 39.2 Å². The summed E-state index contributed by atoms with van der Waals surface area (Å²) >= 11 is 6.85. The van der Waals surface area contributed by atoms with Gasteiger partial charge in [-0.15, -0.1) is 0 Å². The Morgan fingerprint density at radius 2 is 2.07 bits per heavy atom. The summed E-state index contributed by atoms with van der Waals surface area (Å²) in [5.41, 5.74) is 0.221. The van der Waals surface area contributed by atoms with E-state index in [9.17, 15) is 5.11 Å². The van der Waals surface area contributed by atoms with E-state index >= 15 is 0 Å². The van der Waals surface area contributed by atoms with E-state index in [-0.39, 0.29) is 16.9 Å². The van der Waals surface area contributed by atoms with Gasteiger partial charge in [0.25, 0.3) is 0 Å². The zero-order chi connectivity index (χ0) is 10.6. The van der Waals surface area contributed by atoms with Gasteiger partial charge in [-0.25, -0.2) is 0 Å². The summed E-state index contributed by atoms with van der Waals surface area (Å²) in [5, 5.41) is 10.2. The normalized spacial score (nSPS) is 44.1. The Hall–Kier alpha value is 0.660. The Bertz CT molecular complexity index is 281. The SMILES string of the molecule is CC1(C)C2CCC1(C=C(Br)Br)[C@H](O)C2. The minimum absolute atomic E-state index is 0.0139. The third-order valence-corrected chi connectivity index (χ3v) is 5.05. The summed E-state index contributed by atoms with van der Waals surface area (Å²) in [7, 11) is 0. The molecule has 0 radical (unpaired) electrons. The highest BCUT2D eigenvalue weighted by atomic mass is 79.9. The molecule has 0 aromatic carbocycles.